The van der Waals surface area contributed by atoms with Crippen molar-refractivity contribution in [2.45, 2.75) is 0 Å². The Morgan fingerprint density at radius 1 is 1.38 bits per heavy atom. The van der Waals surface area contributed by atoms with E-state index in [1.807, 2.05) is 0 Å². The zero-order chi connectivity index (χ0) is 9.84. The van der Waals surface area contributed by atoms with E-state index in [2.05, 4.69) is 4.74 Å². The smallest absolute Gasteiger partial charge is 0.343 e. The molecular weight excluding hydrogens is 185 g/mol. The Bertz CT molecular complexity index is 325. The summed E-state index contributed by atoms with van der Waals surface area (Å²) in [5, 5.41) is 0. The summed E-state index contributed by atoms with van der Waals surface area (Å²) in [5.74, 6) is -3.53. The molecule has 0 aromatic heterocycles. The zero-order valence-corrected chi connectivity index (χ0v) is 6.39. The van der Waals surface area contributed by atoms with Gasteiger partial charge in [-0.05, 0) is 12.1 Å². The Morgan fingerprint density at radius 3 is 2.62 bits per heavy atom. The van der Waals surface area contributed by atoms with E-state index in [0.717, 1.165) is 12.1 Å². The number of halogens is 3. The third-order valence-electron chi connectivity index (χ3n) is 1.23. The maximum atomic E-state index is 12.7. The van der Waals surface area contributed by atoms with Gasteiger partial charge in [-0.3, -0.25) is 0 Å². The van der Waals surface area contributed by atoms with Crippen molar-refractivity contribution in [2.24, 2.45) is 0 Å². The van der Waals surface area contributed by atoms with Crippen molar-refractivity contribution in [3.8, 4) is 5.75 Å². The molecule has 0 fully saturated rings. The second-order valence-electron chi connectivity index (χ2n) is 2.18. The van der Waals surface area contributed by atoms with Crippen molar-refractivity contribution in [3.63, 3.8) is 0 Å². The van der Waals surface area contributed by atoms with Gasteiger partial charge in [-0.15, -0.1) is 0 Å². The zero-order valence-electron chi connectivity index (χ0n) is 6.39. The second kappa shape index (κ2) is 3.93. The molecular formula is C8H5F3O2. The van der Waals surface area contributed by atoms with Gasteiger partial charge in [0.05, 0.1) is 0 Å². The van der Waals surface area contributed by atoms with Crippen molar-refractivity contribution in [2.75, 3.05) is 6.67 Å². The largest absolute Gasteiger partial charge is 0.421 e. The van der Waals surface area contributed by atoms with E-state index in [1.165, 1.54) is 0 Å². The van der Waals surface area contributed by atoms with Gasteiger partial charge in [0.15, 0.2) is 18.2 Å². The molecule has 0 aliphatic heterocycles. The summed E-state index contributed by atoms with van der Waals surface area (Å²) in [6, 6.07) is 2.36. The number of ether oxygens (including phenoxy) is 1. The molecule has 0 saturated heterocycles. The SMILES string of the molecule is O=C(CF)Oc1ccc(F)cc1F. The Kier molecular flexibility index (Phi) is 2.89. The molecule has 70 valence electrons. The number of hydrogen-bond donors (Lipinski definition) is 0. The van der Waals surface area contributed by atoms with Crippen LogP contribution in [0.5, 0.6) is 5.75 Å². The fourth-order valence-electron chi connectivity index (χ4n) is 0.708. The lowest BCUT2D eigenvalue weighted by Gasteiger charge is -2.01. The number of alkyl halides is 1. The number of rotatable bonds is 2. The lowest BCUT2D eigenvalue weighted by molar-refractivity contribution is -0.135. The minimum Gasteiger partial charge on any atom is -0.421 e. The molecule has 0 amide bonds. The topological polar surface area (TPSA) is 26.3 Å². The monoisotopic (exact) mass is 190 g/mol. The molecule has 0 heterocycles. The molecule has 1 rings (SSSR count). The van der Waals surface area contributed by atoms with Crippen LogP contribution in [0.15, 0.2) is 18.2 Å². The van der Waals surface area contributed by atoms with Gasteiger partial charge < -0.3 is 4.74 Å². The van der Waals surface area contributed by atoms with E-state index >= 15 is 0 Å². The molecule has 0 atom stereocenters. The van der Waals surface area contributed by atoms with Crippen LogP contribution in [0.3, 0.4) is 0 Å². The van der Waals surface area contributed by atoms with Gasteiger partial charge in [0, 0.05) is 6.07 Å². The van der Waals surface area contributed by atoms with Crippen LogP contribution in [0.2, 0.25) is 0 Å². The second-order valence-corrected chi connectivity index (χ2v) is 2.18. The van der Waals surface area contributed by atoms with E-state index in [4.69, 9.17) is 0 Å². The number of benzene rings is 1. The van der Waals surface area contributed by atoms with E-state index in [-0.39, 0.29) is 0 Å². The molecule has 13 heavy (non-hydrogen) atoms. The molecule has 0 unspecified atom stereocenters. The lowest BCUT2D eigenvalue weighted by atomic mass is 10.3. The van der Waals surface area contributed by atoms with Gasteiger partial charge in [-0.2, -0.15) is 0 Å². The van der Waals surface area contributed by atoms with Gasteiger partial charge in [-0.25, -0.2) is 18.0 Å². The molecule has 0 radical (unpaired) electrons. The van der Waals surface area contributed by atoms with Crippen LogP contribution in [0.1, 0.15) is 0 Å². The highest BCUT2D eigenvalue weighted by molar-refractivity contribution is 5.73. The molecule has 0 saturated carbocycles. The van der Waals surface area contributed by atoms with Crippen molar-refractivity contribution in [1.29, 1.82) is 0 Å². The number of carbonyl (C=O) groups excluding carboxylic acids is 1. The van der Waals surface area contributed by atoms with Crippen LogP contribution in [0.25, 0.3) is 0 Å². The Morgan fingerprint density at radius 2 is 2.08 bits per heavy atom. The van der Waals surface area contributed by atoms with Crippen molar-refractivity contribution in [3.05, 3.63) is 29.8 Å². The average Bonchev–Trinajstić information content (AvgIpc) is 2.09. The van der Waals surface area contributed by atoms with Crippen molar-refractivity contribution in [1.82, 2.24) is 0 Å². The molecule has 0 aliphatic carbocycles. The normalized spacial score (nSPS) is 9.77. The number of carbonyl (C=O) groups is 1. The van der Waals surface area contributed by atoms with Gasteiger partial charge in [0.25, 0.3) is 0 Å². The summed E-state index contributed by atoms with van der Waals surface area (Å²) in [5.41, 5.74) is 0. The van der Waals surface area contributed by atoms with E-state index in [1.54, 1.807) is 0 Å². The molecule has 2 nitrogen and oxygen atoms in total. The Hall–Kier alpha value is -1.52. The number of hydrogen-bond acceptors (Lipinski definition) is 2. The standard InChI is InChI=1S/C8H5F3O2/c9-4-8(12)13-7-2-1-5(10)3-6(7)11/h1-3H,4H2. The van der Waals surface area contributed by atoms with Crippen LogP contribution < -0.4 is 4.74 Å². The summed E-state index contributed by atoms with van der Waals surface area (Å²) in [7, 11) is 0. The van der Waals surface area contributed by atoms with Gasteiger partial charge in [0.1, 0.15) is 5.82 Å². The Balaban J connectivity index is 2.83. The molecule has 0 spiro atoms. The van der Waals surface area contributed by atoms with Crippen LogP contribution >= 0.6 is 0 Å². The van der Waals surface area contributed by atoms with Crippen molar-refractivity contribution < 1.29 is 22.7 Å². The maximum absolute atomic E-state index is 12.7. The van der Waals surface area contributed by atoms with Gasteiger partial charge in [0.2, 0.25) is 0 Å². The molecule has 0 aliphatic rings. The van der Waals surface area contributed by atoms with Crippen LogP contribution in [-0.2, 0) is 4.79 Å². The molecule has 1 aromatic rings. The first-order valence-electron chi connectivity index (χ1n) is 3.35. The Labute approximate surface area is 71.9 Å². The van der Waals surface area contributed by atoms with Crippen molar-refractivity contribution >= 4 is 5.97 Å². The number of esters is 1. The quantitative estimate of drug-likeness (QED) is 0.525. The average molecular weight is 190 g/mol. The maximum Gasteiger partial charge on any atom is 0.343 e. The fourth-order valence-corrected chi connectivity index (χ4v) is 0.708. The van der Waals surface area contributed by atoms with Gasteiger partial charge in [-0.1, -0.05) is 0 Å². The van der Waals surface area contributed by atoms with Crippen LogP contribution in [0.4, 0.5) is 13.2 Å². The van der Waals surface area contributed by atoms with E-state index in [0.29, 0.717) is 6.07 Å². The lowest BCUT2D eigenvalue weighted by Crippen LogP contribution is -2.10. The van der Waals surface area contributed by atoms with Gasteiger partial charge >= 0.3 is 5.97 Å². The summed E-state index contributed by atoms with van der Waals surface area (Å²) >= 11 is 0. The molecule has 5 heteroatoms. The first-order valence-corrected chi connectivity index (χ1v) is 3.35. The first-order chi connectivity index (χ1) is 6.13. The highest BCUT2D eigenvalue weighted by atomic mass is 19.1. The minimum atomic E-state index is -1.35. The van der Waals surface area contributed by atoms with E-state index in [9.17, 15) is 18.0 Å². The third kappa shape index (κ3) is 2.47. The summed E-state index contributed by atoms with van der Waals surface area (Å²) < 4.78 is 40.8. The first kappa shape index (κ1) is 9.57. The molecule has 0 bridgehead atoms. The summed E-state index contributed by atoms with van der Waals surface area (Å²) in [6.45, 7) is -1.35. The summed E-state index contributed by atoms with van der Waals surface area (Å²) in [4.78, 5) is 10.4. The minimum absolute atomic E-state index is 0.482. The molecule has 1 aromatic carbocycles. The molecule has 0 N–H and O–H groups in total. The summed E-state index contributed by atoms with van der Waals surface area (Å²) in [6.07, 6.45) is 0. The van der Waals surface area contributed by atoms with E-state index < -0.39 is 30.0 Å². The predicted octanol–water partition coefficient (Wildman–Crippen LogP) is 1.84. The third-order valence-corrected chi connectivity index (χ3v) is 1.23. The van der Waals surface area contributed by atoms with Crippen LogP contribution in [-0.4, -0.2) is 12.6 Å². The highest BCUT2D eigenvalue weighted by Crippen LogP contribution is 2.17. The highest BCUT2D eigenvalue weighted by Gasteiger charge is 2.09. The predicted molar refractivity (Wildman–Crippen MR) is 38.0 cm³/mol. The fraction of sp³-hybridized carbons (Fsp3) is 0.125. The van der Waals surface area contributed by atoms with Crippen LogP contribution in [0, 0.1) is 11.6 Å².